The topological polar surface area (TPSA) is 79.6 Å². The first-order chi connectivity index (χ1) is 13.1. The van der Waals surface area contributed by atoms with Crippen molar-refractivity contribution < 1.29 is 4.74 Å². The Morgan fingerprint density at radius 3 is 2.74 bits per heavy atom. The van der Waals surface area contributed by atoms with Gasteiger partial charge in [-0.1, -0.05) is 6.92 Å². The maximum absolute atomic E-state index is 5.66. The molecule has 0 saturated carbocycles. The number of ether oxygens (including phenoxy) is 1. The third-order valence-electron chi connectivity index (χ3n) is 4.75. The van der Waals surface area contributed by atoms with Crippen molar-refractivity contribution in [3.8, 4) is 0 Å². The van der Waals surface area contributed by atoms with Gasteiger partial charge < -0.3 is 24.8 Å². The average Bonchev–Trinajstić information content (AvgIpc) is 3.10. The Kier molecular flexibility index (Phi) is 9.55. The van der Waals surface area contributed by atoms with Gasteiger partial charge in [-0.2, -0.15) is 0 Å². The number of piperidine rings is 1. The Morgan fingerprint density at radius 1 is 1.30 bits per heavy atom. The van der Waals surface area contributed by atoms with Crippen LogP contribution in [-0.4, -0.2) is 77.1 Å². The molecule has 1 fully saturated rings. The van der Waals surface area contributed by atoms with Crippen molar-refractivity contribution in [3.63, 3.8) is 0 Å². The highest BCUT2D eigenvalue weighted by Crippen LogP contribution is 2.10. The van der Waals surface area contributed by atoms with Gasteiger partial charge in [0, 0.05) is 45.2 Å². The third kappa shape index (κ3) is 7.84. The van der Waals surface area contributed by atoms with E-state index in [1.807, 2.05) is 0 Å². The van der Waals surface area contributed by atoms with Gasteiger partial charge in [0.1, 0.15) is 12.2 Å². The number of nitrogens with zero attached hydrogens (tertiary/aromatic N) is 5. The molecule has 1 aliphatic rings. The number of aryl methyl sites for hydroxylation is 1. The molecule has 0 unspecified atom stereocenters. The molecular formula is C19H37N7O. The van der Waals surface area contributed by atoms with Gasteiger partial charge in [0.05, 0.1) is 19.3 Å². The van der Waals surface area contributed by atoms with Crippen LogP contribution in [0.5, 0.6) is 0 Å². The second kappa shape index (κ2) is 11.9. The highest BCUT2D eigenvalue weighted by molar-refractivity contribution is 5.80. The molecule has 1 saturated heterocycles. The first-order valence-electron chi connectivity index (χ1n) is 10.4. The Morgan fingerprint density at radius 2 is 2.07 bits per heavy atom. The Bertz CT molecular complexity index is 550. The number of aromatic nitrogens is 3. The number of aliphatic imine (C=N–C) groups is 1. The van der Waals surface area contributed by atoms with Gasteiger partial charge in [-0.15, -0.1) is 10.2 Å². The SMILES string of the molecule is CCNC(=NCCn1cnnc1CC)NC1CCN(CCOC(C)C)CC1. The van der Waals surface area contributed by atoms with Crippen molar-refractivity contribution in [2.24, 2.45) is 4.99 Å². The fourth-order valence-corrected chi connectivity index (χ4v) is 3.24. The molecule has 1 aromatic rings. The minimum atomic E-state index is 0.314. The number of likely N-dealkylation sites (tertiary alicyclic amines) is 1. The lowest BCUT2D eigenvalue weighted by Gasteiger charge is -2.33. The summed E-state index contributed by atoms with van der Waals surface area (Å²) >= 11 is 0. The van der Waals surface area contributed by atoms with Gasteiger partial charge in [0.15, 0.2) is 5.96 Å². The monoisotopic (exact) mass is 379 g/mol. The molecular weight excluding hydrogens is 342 g/mol. The predicted octanol–water partition coefficient (Wildman–Crippen LogP) is 1.29. The molecule has 8 nitrogen and oxygen atoms in total. The number of hydrogen-bond donors (Lipinski definition) is 2. The standard InChI is InChI=1S/C19H37N7O/c1-5-18-24-22-15-26(18)12-9-21-19(20-6-2)23-17-7-10-25(11-8-17)13-14-27-16(3)4/h15-17H,5-14H2,1-4H3,(H2,20,21,23). The molecule has 27 heavy (non-hydrogen) atoms. The van der Waals surface area contributed by atoms with Crippen LogP contribution in [0, 0.1) is 0 Å². The average molecular weight is 380 g/mol. The van der Waals surface area contributed by atoms with Crippen LogP contribution in [0.25, 0.3) is 0 Å². The molecule has 1 aromatic heterocycles. The molecule has 154 valence electrons. The van der Waals surface area contributed by atoms with Crippen molar-refractivity contribution in [1.82, 2.24) is 30.3 Å². The van der Waals surface area contributed by atoms with Crippen LogP contribution >= 0.6 is 0 Å². The number of rotatable bonds is 10. The molecule has 8 heteroatoms. The summed E-state index contributed by atoms with van der Waals surface area (Å²) in [4.78, 5) is 7.22. The summed E-state index contributed by atoms with van der Waals surface area (Å²) in [6, 6.07) is 0.478. The Balaban J connectivity index is 1.74. The molecule has 1 aliphatic heterocycles. The minimum absolute atomic E-state index is 0.314. The van der Waals surface area contributed by atoms with E-state index in [2.05, 4.69) is 58.0 Å². The van der Waals surface area contributed by atoms with E-state index < -0.39 is 0 Å². The summed E-state index contributed by atoms with van der Waals surface area (Å²) in [5.41, 5.74) is 0. The van der Waals surface area contributed by atoms with Crippen molar-refractivity contribution in [2.75, 3.05) is 39.3 Å². The van der Waals surface area contributed by atoms with Gasteiger partial charge >= 0.3 is 0 Å². The van der Waals surface area contributed by atoms with E-state index in [4.69, 9.17) is 9.73 Å². The molecule has 0 aromatic carbocycles. The number of nitrogens with one attached hydrogen (secondary N) is 2. The maximum atomic E-state index is 5.66. The Labute approximate surface area is 163 Å². The summed E-state index contributed by atoms with van der Waals surface area (Å²) in [5, 5.41) is 15.1. The summed E-state index contributed by atoms with van der Waals surface area (Å²) in [5.74, 6) is 1.92. The zero-order valence-electron chi connectivity index (χ0n) is 17.4. The molecule has 2 heterocycles. The zero-order valence-corrected chi connectivity index (χ0v) is 17.4. The van der Waals surface area contributed by atoms with Crippen LogP contribution in [0.3, 0.4) is 0 Å². The van der Waals surface area contributed by atoms with Crippen LogP contribution in [-0.2, 0) is 17.7 Å². The second-order valence-corrected chi connectivity index (χ2v) is 7.23. The quantitative estimate of drug-likeness (QED) is 0.471. The number of guanidine groups is 1. The lowest BCUT2D eigenvalue weighted by molar-refractivity contribution is 0.0532. The normalized spacial score (nSPS) is 16.9. The Hall–Kier alpha value is -1.67. The van der Waals surface area contributed by atoms with Gasteiger partial charge in [0.2, 0.25) is 0 Å². The van der Waals surface area contributed by atoms with Crippen LogP contribution in [0.4, 0.5) is 0 Å². The van der Waals surface area contributed by atoms with E-state index in [0.717, 1.165) is 70.4 Å². The molecule has 0 radical (unpaired) electrons. The maximum Gasteiger partial charge on any atom is 0.191 e. The van der Waals surface area contributed by atoms with E-state index in [0.29, 0.717) is 18.7 Å². The molecule has 2 N–H and O–H groups in total. The molecule has 0 atom stereocenters. The largest absolute Gasteiger partial charge is 0.377 e. The van der Waals surface area contributed by atoms with E-state index in [9.17, 15) is 0 Å². The zero-order chi connectivity index (χ0) is 19.5. The fourth-order valence-electron chi connectivity index (χ4n) is 3.24. The number of hydrogen-bond acceptors (Lipinski definition) is 5. The van der Waals surface area contributed by atoms with E-state index in [1.165, 1.54) is 0 Å². The van der Waals surface area contributed by atoms with Gasteiger partial charge in [-0.3, -0.25) is 4.99 Å². The molecule has 0 amide bonds. The van der Waals surface area contributed by atoms with E-state index in [-0.39, 0.29) is 0 Å². The molecule has 0 spiro atoms. The summed E-state index contributed by atoms with van der Waals surface area (Å²) < 4.78 is 7.74. The summed E-state index contributed by atoms with van der Waals surface area (Å²) in [6.45, 7) is 14.8. The lowest BCUT2D eigenvalue weighted by Crippen LogP contribution is -2.49. The predicted molar refractivity (Wildman–Crippen MR) is 109 cm³/mol. The highest BCUT2D eigenvalue weighted by Gasteiger charge is 2.19. The van der Waals surface area contributed by atoms with Crippen molar-refractivity contribution in [2.45, 2.75) is 65.6 Å². The molecule has 2 rings (SSSR count). The van der Waals surface area contributed by atoms with E-state index >= 15 is 0 Å². The fraction of sp³-hybridized carbons (Fsp3) is 0.842. The van der Waals surface area contributed by atoms with Gasteiger partial charge in [0.25, 0.3) is 0 Å². The molecule has 0 aliphatic carbocycles. The van der Waals surface area contributed by atoms with Crippen molar-refractivity contribution in [1.29, 1.82) is 0 Å². The van der Waals surface area contributed by atoms with Crippen molar-refractivity contribution in [3.05, 3.63) is 12.2 Å². The van der Waals surface area contributed by atoms with Gasteiger partial charge in [-0.05, 0) is 33.6 Å². The summed E-state index contributed by atoms with van der Waals surface area (Å²) in [7, 11) is 0. The second-order valence-electron chi connectivity index (χ2n) is 7.23. The molecule has 0 bridgehead atoms. The van der Waals surface area contributed by atoms with Crippen LogP contribution in [0.15, 0.2) is 11.3 Å². The van der Waals surface area contributed by atoms with Gasteiger partial charge in [-0.25, -0.2) is 0 Å². The highest BCUT2D eigenvalue weighted by atomic mass is 16.5. The van der Waals surface area contributed by atoms with Crippen LogP contribution in [0.2, 0.25) is 0 Å². The van der Waals surface area contributed by atoms with Crippen molar-refractivity contribution >= 4 is 5.96 Å². The van der Waals surface area contributed by atoms with Crippen LogP contribution < -0.4 is 10.6 Å². The smallest absolute Gasteiger partial charge is 0.191 e. The first kappa shape index (κ1) is 21.6. The van der Waals surface area contributed by atoms with Crippen LogP contribution in [0.1, 0.15) is 46.4 Å². The lowest BCUT2D eigenvalue weighted by atomic mass is 10.1. The third-order valence-corrected chi connectivity index (χ3v) is 4.75. The first-order valence-corrected chi connectivity index (χ1v) is 10.4. The summed E-state index contributed by atoms with van der Waals surface area (Å²) in [6.07, 6.45) is 5.26. The minimum Gasteiger partial charge on any atom is -0.377 e. The van der Waals surface area contributed by atoms with E-state index in [1.54, 1.807) is 6.33 Å².